The normalized spacial score (nSPS) is 16.3. The number of hydrogen-bond acceptors (Lipinski definition) is 4. The molecule has 0 radical (unpaired) electrons. The quantitative estimate of drug-likeness (QED) is 0.804. The van der Waals surface area contributed by atoms with E-state index < -0.39 is 0 Å². The first-order chi connectivity index (χ1) is 9.24. The number of anilines is 1. The Labute approximate surface area is 115 Å². The molecule has 1 aliphatic heterocycles. The Balaban J connectivity index is 2.05. The zero-order valence-electron chi connectivity index (χ0n) is 10.3. The number of aromatic nitrogens is 2. The van der Waals surface area contributed by atoms with Crippen molar-refractivity contribution < 1.29 is 4.79 Å². The second-order valence-corrected chi connectivity index (χ2v) is 4.76. The van der Waals surface area contributed by atoms with Crippen LogP contribution in [0.2, 0.25) is 5.28 Å². The van der Waals surface area contributed by atoms with Crippen molar-refractivity contribution >= 4 is 34.2 Å². The van der Waals surface area contributed by atoms with Gasteiger partial charge in [0.05, 0.1) is 5.52 Å². The molecule has 1 fully saturated rings. The number of benzene rings is 1. The highest BCUT2D eigenvalue weighted by Gasteiger charge is 2.17. The molecule has 1 saturated heterocycles. The van der Waals surface area contributed by atoms with Gasteiger partial charge in [-0.05, 0) is 23.7 Å². The summed E-state index contributed by atoms with van der Waals surface area (Å²) in [6.45, 7) is 1.99. The number of nitrogens with zero attached hydrogens (tertiary/aromatic N) is 3. The van der Waals surface area contributed by atoms with E-state index in [1.54, 1.807) is 0 Å². The molecule has 0 saturated carbocycles. The monoisotopic (exact) mass is 276 g/mol. The van der Waals surface area contributed by atoms with Gasteiger partial charge in [0.15, 0.2) is 0 Å². The molecule has 2 aromatic rings. The standard InChI is InChI=1S/C13H13ClN4O/c14-13-16-10-4-2-1-3-9(10)12(17-13)18-7-5-11(19)15-6-8-18/h1-4H,5-8H2,(H,15,19). The van der Waals surface area contributed by atoms with Crippen LogP contribution in [0.25, 0.3) is 10.9 Å². The van der Waals surface area contributed by atoms with E-state index in [-0.39, 0.29) is 11.2 Å². The topological polar surface area (TPSA) is 58.1 Å². The first kappa shape index (κ1) is 12.2. The third-order valence-corrected chi connectivity index (χ3v) is 3.34. The average molecular weight is 277 g/mol. The molecule has 0 spiro atoms. The predicted octanol–water partition coefficient (Wildman–Crippen LogP) is 1.61. The summed E-state index contributed by atoms with van der Waals surface area (Å²) in [6, 6.07) is 7.75. The molecule has 0 aliphatic carbocycles. The van der Waals surface area contributed by atoms with Gasteiger partial charge in [0, 0.05) is 31.4 Å². The van der Waals surface area contributed by atoms with Gasteiger partial charge in [-0.3, -0.25) is 4.79 Å². The van der Waals surface area contributed by atoms with E-state index in [9.17, 15) is 4.79 Å². The van der Waals surface area contributed by atoms with Gasteiger partial charge in [-0.25, -0.2) is 4.98 Å². The van der Waals surface area contributed by atoms with Crippen LogP contribution >= 0.6 is 11.6 Å². The van der Waals surface area contributed by atoms with E-state index in [2.05, 4.69) is 20.2 Å². The molecular weight excluding hydrogens is 264 g/mol. The van der Waals surface area contributed by atoms with Crippen LogP contribution in [0.4, 0.5) is 5.82 Å². The highest BCUT2D eigenvalue weighted by atomic mass is 35.5. The molecule has 3 rings (SSSR count). The second kappa shape index (κ2) is 5.01. The summed E-state index contributed by atoms with van der Waals surface area (Å²) in [6.07, 6.45) is 0.468. The summed E-state index contributed by atoms with van der Waals surface area (Å²) < 4.78 is 0. The van der Waals surface area contributed by atoms with Crippen molar-refractivity contribution in [3.8, 4) is 0 Å². The van der Waals surface area contributed by atoms with E-state index in [0.29, 0.717) is 19.5 Å². The first-order valence-electron chi connectivity index (χ1n) is 6.18. The van der Waals surface area contributed by atoms with E-state index in [1.807, 2.05) is 24.3 Å². The SMILES string of the molecule is O=C1CCN(c2nc(Cl)nc3ccccc23)CCN1. The van der Waals surface area contributed by atoms with Gasteiger partial charge < -0.3 is 10.2 Å². The summed E-state index contributed by atoms with van der Waals surface area (Å²) in [4.78, 5) is 22.0. The smallest absolute Gasteiger partial charge is 0.224 e. The number of hydrogen-bond donors (Lipinski definition) is 1. The minimum absolute atomic E-state index is 0.0759. The molecule has 98 valence electrons. The highest BCUT2D eigenvalue weighted by molar-refractivity contribution is 6.28. The van der Waals surface area contributed by atoms with Gasteiger partial charge in [0.2, 0.25) is 11.2 Å². The molecule has 1 N–H and O–H groups in total. The Bertz CT molecular complexity index is 631. The summed E-state index contributed by atoms with van der Waals surface area (Å²) in [5.74, 6) is 0.874. The molecule has 1 aromatic heterocycles. The van der Waals surface area contributed by atoms with Gasteiger partial charge in [0.25, 0.3) is 0 Å². The van der Waals surface area contributed by atoms with Crippen LogP contribution in [0.15, 0.2) is 24.3 Å². The van der Waals surface area contributed by atoms with Crippen LogP contribution in [-0.4, -0.2) is 35.5 Å². The number of carbonyl (C=O) groups is 1. The maximum absolute atomic E-state index is 11.4. The number of amides is 1. The van der Waals surface area contributed by atoms with Crippen molar-refractivity contribution in [2.45, 2.75) is 6.42 Å². The number of halogens is 1. The lowest BCUT2D eigenvalue weighted by molar-refractivity contribution is -0.120. The molecule has 1 aromatic carbocycles. The summed E-state index contributed by atoms with van der Waals surface area (Å²) in [5, 5.41) is 4.04. The average Bonchev–Trinajstić information content (AvgIpc) is 2.62. The minimum Gasteiger partial charge on any atom is -0.354 e. The number of carbonyl (C=O) groups excluding carboxylic acids is 1. The maximum Gasteiger partial charge on any atom is 0.224 e. The van der Waals surface area contributed by atoms with E-state index in [1.165, 1.54) is 0 Å². The minimum atomic E-state index is 0.0759. The van der Waals surface area contributed by atoms with Gasteiger partial charge >= 0.3 is 0 Å². The van der Waals surface area contributed by atoms with E-state index in [0.717, 1.165) is 23.3 Å². The number of fused-ring (bicyclic) bond motifs is 1. The summed E-state index contributed by atoms with van der Waals surface area (Å²) in [7, 11) is 0. The number of rotatable bonds is 1. The molecule has 19 heavy (non-hydrogen) atoms. The van der Waals surface area contributed by atoms with Gasteiger partial charge in [-0.2, -0.15) is 4.98 Å². The van der Waals surface area contributed by atoms with Crippen LogP contribution in [0.3, 0.4) is 0 Å². The molecule has 1 amide bonds. The highest BCUT2D eigenvalue weighted by Crippen LogP contribution is 2.25. The Morgan fingerprint density at radius 2 is 2.05 bits per heavy atom. The van der Waals surface area contributed by atoms with Crippen LogP contribution in [-0.2, 0) is 4.79 Å². The van der Waals surface area contributed by atoms with Crippen LogP contribution < -0.4 is 10.2 Å². The molecule has 5 nitrogen and oxygen atoms in total. The third-order valence-electron chi connectivity index (χ3n) is 3.17. The predicted molar refractivity (Wildman–Crippen MR) is 74.4 cm³/mol. The number of para-hydroxylation sites is 1. The Hall–Kier alpha value is -1.88. The lowest BCUT2D eigenvalue weighted by Gasteiger charge is -2.22. The maximum atomic E-state index is 11.4. The molecule has 6 heteroatoms. The molecule has 0 bridgehead atoms. The van der Waals surface area contributed by atoms with Crippen molar-refractivity contribution in [3.63, 3.8) is 0 Å². The molecule has 2 heterocycles. The summed E-state index contributed by atoms with van der Waals surface area (Å²) in [5.41, 5.74) is 0.820. The van der Waals surface area contributed by atoms with Gasteiger partial charge in [-0.15, -0.1) is 0 Å². The van der Waals surface area contributed by atoms with Crippen LogP contribution in [0.1, 0.15) is 6.42 Å². The lowest BCUT2D eigenvalue weighted by Crippen LogP contribution is -2.29. The van der Waals surface area contributed by atoms with Crippen molar-refractivity contribution in [3.05, 3.63) is 29.5 Å². The molecule has 0 atom stereocenters. The zero-order valence-corrected chi connectivity index (χ0v) is 11.0. The largest absolute Gasteiger partial charge is 0.354 e. The fourth-order valence-electron chi connectivity index (χ4n) is 2.25. The Morgan fingerprint density at radius 3 is 2.95 bits per heavy atom. The fraction of sp³-hybridized carbons (Fsp3) is 0.308. The van der Waals surface area contributed by atoms with E-state index in [4.69, 9.17) is 11.6 Å². The third kappa shape index (κ3) is 2.46. The lowest BCUT2D eigenvalue weighted by atomic mass is 10.2. The Kier molecular flexibility index (Phi) is 3.21. The second-order valence-electron chi connectivity index (χ2n) is 4.42. The fourth-order valence-corrected chi connectivity index (χ4v) is 2.42. The van der Waals surface area contributed by atoms with Gasteiger partial charge in [-0.1, -0.05) is 12.1 Å². The van der Waals surface area contributed by atoms with Crippen molar-refractivity contribution in [1.29, 1.82) is 0 Å². The molecule has 0 unspecified atom stereocenters. The van der Waals surface area contributed by atoms with Crippen LogP contribution in [0.5, 0.6) is 0 Å². The molecular formula is C13H13ClN4O. The number of nitrogens with one attached hydrogen (secondary N) is 1. The summed E-state index contributed by atoms with van der Waals surface area (Å²) >= 11 is 5.98. The Morgan fingerprint density at radius 1 is 1.21 bits per heavy atom. The van der Waals surface area contributed by atoms with Gasteiger partial charge in [0.1, 0.15) is 5.82 Å². The van der Waals surface area contributed by atoms with Crippen molar-refractivity contribution in [2.75, 3.05) is 24.5 Å². The first-order valence-corrected chi connectivity index (χ1v) is 6.56. The van der Waals surface area contributed by atoms with Crippen molar-refractivity contribution in [2.24, 2.45) is 0 Å². The van der Waals surface area contributed by atoms with E-state index >= 15 is 0 Å². The molecule has 1 aliphatic rings. The zero-order chi connectivity index (χ0) is 13.2. The van der Waals surface area contributed by atoms with Crippen molar-refractivity contribution in [1.82, 2.24) is 15.3 Å². The van der Waals surface area contributed by atoms with Crippen LogP contribution in [0, 0.1) is 0 Å².